The van der Waals surface area contributed by atoms with Crippen molar-refractivity contribution in [1.29, 1.82) is 0 Å². The van der Waals surface area contributed by atoms with E-state index in [1.165, 1.54) is 12.3 Å². The third-order valence-electron chi connectivity index (χ3n) is 2.99. The van der Waals surface area contributed by atoms with E-state index in [9.17, 15) is 9.90 Å². The summed E-state index contributed by atoms with van der Waals surface area (Å²) >= 11 is 0. The Hall–Kier alpha value is -2.89. The molecule has 0 amide bonds. The van der Waals surface area contributed by atoms with Gasteiger partial charge in [0.1, 0.15) is 11.6 Å². The van der Waals surface area contributed by atoms with Gasteiger partial charge in [0.15, 0.2) is 5.65 Å². The van der Waals surface area contributed by atoms with Gasteiger partial charge >= 0.3 is 5.97 Å². The van der Waals surface area contributed by atoms with Gasteiger partial charge in [0.2, 0.25) is 0 Å². The first-order valence-corrected chi connectivity index (χ1v) is 5.98. The summed E-state index contributed by atoms with van der Waals surface area (Å²) in [5.41, 5.74) is 1.64. The molecule has 2 N–H and O–H groups in total. The summed E-state index contributed by atoms with van der Waals surface area (Å²) in [4.78, 5) is 11.0. The van der Waals surface area contributed by atoms with Crippen LogP contribution in [0.3, 0.4) is 0 Å². The average molecular weight is 269 g/mol. The Morgan fingerprint density at radius 2 is 2.05 bits per heavy atom. The number of rotatable bonds is 3. The highest BCUT2D eigenvalue weighted by atomic mass is 16.4. The zero-order valence-corrected chi connectivity index (χ0v) is 10.4. The van der Waals surface area contributed by atoms with Gasteiger partial charge in [-0.15, -0.1) is 10.2 Å². The molecule has 0 aliphatic heterocycles. The summed E-state index contributed by atoms with van der Waals surface area (Å²) in [7, 11) is 0. The smallest absolute Gasteiger partial charge is 0.337 e. The van der Waals surface area contributed by atoms with Crippen molar-refractivity contribution >= 4 is 11.6 Å². The molecule has 0 spiro atoms. The Morgan fingerprint density at radius 3 is 2.80 bits per heavy atom. The molecule has 0 aliphatic carbocycles. The molecule has 0 bridgehead atoms. The molecule has 2 heterocycles. The van der Waals surface area contributed by atoms with Crippen LogP contribution in [-0.4, -0.2) is 30.8 Å². The number of aromatic hydroxyl groups is 1. The first kappa shape index (κ1) is 12.2. The molecule has 0 saturated carbocycles. The number of carboxylic acids is 1. The summed E-state index contributed by atoms with van der Waals surface area (Å²) in [6, 6.07) is 9.95. The summed E-state index contributed by atoms with van der Waals surface area (Å²) in [5.74, 6) is -0.194. The summed E-state index contributed by atoms with van der Waals surface area (Å²) in [6.45, 7) is 0. The molecule has 2 aromatic heterocycles. The quantitative estimate of drug-likeness (QED) is 0.756. The Balaban J connectivity index is 2.03. The normalized spacial score (nSPS) is 10.8. The zero-order valence-electron chi connectivity index (χ0n) is 10.4. The maximum atomic E-state index is 11.0. The maximum absolute atomic E-state index is 11.0. The Bertz CT molecular complexity index is 795. The van der Waals surface area contributed by atoms with Crippen LogP contribution >= 0.6 is 0 Å². The Labute approximate surface area is 113 Å². The van der Waals surface area contributed by atoms with Gasteiger partial charge in [0.25, 0.3) is 0 Å². The first-order chi connectivity index (χ1) is 9.63. The molecule has 100 valence electrons. The van der Waals surface area contributed by atoms with E-state index >= 15 is 0 Å². The zero-order chi connectivity index (χ0) is 14.1. The van der Waals surface area contributed by atoms with Crippen molar-refractivity contribution in [3.8, 4) is 5.75 Å². The van der Waals surface area contributed by atoms with Crippen LogP contribution in [0.15, 0.2) is 42.6 Å². The van der Waals surface area contributed by atoms with E-state index in [1.807, 2.05) is 6.07 Å². The predicted octanol–water partition coefficient (Wildman–Crippen LogP) is 1.72. The fourth-order valence-electron chi connectivity index (χ4n) is 2.03. The number of phenols is 1. The molecule has 6 heteroatoms. The highest BCUT2D eigenvalue weighted by Crippen LogP contribution is 2.15. The second-order valence-corrected chi connectivity index (χ2v) is 4.41. The third kappa shape index (κ3) is 2.18. The van der Waals surface area contributed by atoms with Gasteiger partial charge in [-0.2, -0.15) is 0 Å². The van der Waals surface area contributed by atoms with Crippen LogP contribution in [0.4, 0.5) is 0 Å². The van der Waals surface area contributed by atoms with Gasteiger partial charge in [0.05, 0.1) is 5.56 Å². The SMILES string of the molecule is O=C(O)c1ccc2nnc(Cc3cccc(O)c3)n2c1. The lowest BCUT2D eigenvalue weighted by molar-refractivity contribution is 0.0696. The van der Waals surface area contributed by atoms with Gasteiger partial charge in [0, 0.05) is 12.6 Å². The standard InChI is InChI=1S/C14H11N3O3/c18-11-3-1-2-9(6-11)7-13-16-15-12-5-4-10(14(19)20)8-17(12)13/h1-6,8,18H,7H2,(H,19,20). The van der Waals surface area contributed by atoms with E-state index in [-0.39, 0.29) is 11.3 Å². The highest BCUT2D eigenvalue weighted by molar-refractivity contribution is 5.87. The van der Waals surface area contributed by atoms with Gasteiger partial charge in [-0.1, -0.05) is 12.1 Å². The van der Waals surface area contributed by atoms with Crippen molar-refractivity contribution < 1.29 is 15.0 Å². The number of pyridine rings is 1. The van der Waals surface area contributed by atoms with E-state index in [4.69, 9.17) is 5.11 Å². The number of hydrogen-bond donors (Lipinski definition) is 2. The van der Waals surface area contributed by atoms with Gasteiger partial charge in [-0.25, -0.2) is 4.79 Å². The highest BCUT2D eigenvalue weighted by Gasteiger charge is 2.10. The van der Waals surface area contributed by atoms with Gasteiger partial charge in [-0.3, -0.25) is 4.40 Å². The van der Waals surface area contributed by atoms with Crippen LogP contribution in [0.5, 0.6) is 5.75 Å². The second kappa shape index (κ2) is 4.65. The van der Waals surface area contributed by atoms with E-state index in [2.05, 4.69) is 10.2 Å². The van der Waals surface area contributed by atoms with Crippen LogP contribution in [0.2, 0.25) is 0 Å². The van der Waals surface area contributed by atoms with Crippen molar-refractivity contribution in [1.82, 2.24) is 14.6 Å². The summed E-state index contributed by atoms with van der Waals surface area (Å²) in [5, 5.41) is 26.5. The van der Waals surface area contributed by atoms with E-state index in [0.717, 1.165) is 5.56 Å². The van der Waals surface area contributed by atoms with Gasteiger partial charge < -0.3 is 10.2 Å². The van der Waals surface area contributed by atoms with E-state index < -0.39 is 5.97 Å². The van der Waals surface area contributed by atoms with Crippen LogP contribution in [0, 0.1) is 0 Å². The summed E-state index contributed by atoms with van der Waals surface area (Å²) < 4.78 is 1.65. The number of benzene rings is 1. The number of hydrogen-bond acceptors (Lipinski definition) is 4. The molecule has 6 nitrogen and oxygen atoms in total. The fourth-order valence-corrected chi connectivity index (χ4v) is 2.03. The van der Waals surface area contributed by atoms with Crippen LogP contribution in [0.25, 0.3) is 5.65 Å². The Kier molecular flexibility index (Phi) is 2.83. The van der Waals surface area contributed by atoms with Crippen LogP contribution in [-0.2, 0) is 6.42 Å². The second-order valence-electron chi connectivity index (χ2n) is 4.41. The predicted molar refractivity (Wildman–Crippen MR) is 70.9 cm³/mol. The summed E-state index contributed by atoms with van der Waals surface area (Å²) in [6.07, 6.45) is 1.95. The number of nitrogens with zero attached hydrogens (tertiary/aromatic N) is 3. The average Bonchev–Trinajstić information content (AvgIpc) is 2.81. The molecule has 0 atom stereocenters. The molecule has 3 rings (SSSR count). The lowest BCUT2D eigenvalue weighted by Crippen LogP contribution is -2.01. The first-order valence-electron chi connectivity index (χ1n) is 5.98. The van der Waals surface area contributed by atoms with Crippen LogP contribution in [0.1, 0.15) is 21.7 Å². The minimum Gasteiger partial charge on any atom is -0.508 e. The molecule has 0 radical (unpaired) electrons. The van der Waals surface area contributed by atoms with Crippen molar-refractivity contribution in [2.24, 2.45) is 0 Å². The third-order valence-corrected chi connectivity index (χ3v) is 2.99. The minimum atomic E-state index is -0.996. The van der Waals surface area contributed by atoms with E-state index in [0.29, 0.717) is 17.9 Å². The Morgan fingerprint density at radius 1 is 1.20 bits per heavy atom. The molecule has 0 saturated heterocycles. The van der Waals surface area contributed by atoms with Gasteiger partial charge in [-0.05, 0) is 29.8 Å². The molecule has 0 unspecified atom stereocenters. The lowest BCUT2D eigenvalue weighted by atomic mass is 10.1. The molecule has 3 aromatic rings. The number of aromatic carboxylic acids is 1. The molecular formula is C14H11N3O3. The molecule has 1 aromatic carbocycles. The number of fused-ring (bicyclic) bond motifs is 1. The molecular weight excluding hydrogens is 258 g/mol. The van der Waals surface area contributed by atoms with Crippen molar-refractivity contribution in [3.05, 3.63) is 59.5 Å². The largest absolute Gasteiger partial charge is 0.508 e. The number of carbonyl (C=O) groups is 1. The van der Waals surface area contributed by atoms with E-state index in [1.54, 1.807) is 28.7 Å². The number of phenolic OH excluding ortho intramolecular Hbond substituents is 1. The molecule has 20 heavy (non-hydrogen) atoms. The van der Waals surface area contributed by atoms with Crippen molar-refractivity contribution in [2.45, 2.75) is 6.42 Å². The molecule has 0 aliphatic rings. The lowest BCUT2D eigenvalue weighted by Gasteiger charge is -2.02. The maximum Gasteiger partial charge on any atom is 0.337 e. The monoisotopic (exact) mass is 269 g/mol. The fraction of sp³-hybridized carbons (Fsp3) is 0.0714. The topological polar surface area (TPSA) is 87.7 Å². The number of aromatic nitrogens is 3. The minimum absolute atomic E-state index is 0.175. The van der Waals surface area contributed by atoms with Crippen molar-refractivity contribution in [3.63, 3.8) is 0 Å². The van der Waals surface area contributed by atoms with Crippen LogP contribution < -0.4 is 0 Å². The van der Waals surface area contributed by atoms with Crippen molar-refractivity contribution in [2.75, 3.05) is 0 Å². The molecule has 0 fully saturated rings. The number of carboxylic acid groups (broad SMARTS) is 1.